The predicted molar refractivity (Wildman–Crippen MR) is 61.7 cm³/mol. The van der Waals surface area contributed by atoms with Crippen LogP contribution in [0.1, 0.15) is 18.2 Å². The Labute approximate surface area is 101 Å². The van der Waals surface area contributed by atoms with Crippen LogP contribution in [0.2, 0.25) is 0 Å². The first kappa shape index (κ1) is 14.6. The van der Waals surface area contributed by atoms with Gasteiger partial charge in [-0.3, -0.25) is 0 Å². The Bertz CT molecular complexity index is 275. The van der Waals surface area contributed by atoms with Gasteiger partial charge < -0.3 is 10.5 Å². The van der Waals surface area contributed by atoms with Crippen LogP contribution >= 0.6 is 24.8 Å². The molecule has 0 aromatic carbocycles. The van der Waals surface area contributed by atoms with E-state index >= 15 is 0 Å². The summed E-state index contributed by atoms with van der Waals surface area (Å²) in [6.45, 7) is 2.21. The van der Waals surface area contributed by atoms with E-state index in [4.69, 9.17) is 10.5 Å². The van der Waals surface area contributed by atoms with Crippen molar-refractivity contribution in [1.82, 2.24) is 15.0 Å². The van der Waals surface area contributed by atoms with Crippen LogP contribution in [-0.2, 0) is 11.2 Å². The van der Waals surface area contributed by atoms with Crippen LogP contribution in [0.3, 0.4) is 0 Å². The molecule has 1 aliphatic rings. The molecule has 1 atom stereocenters. The zero-order valence-electron chi connectivity index (χ0n) is 8.33. The second-order valence-electron chi connectivity index (χ2n) is 3.25. The van der Waals surface area contributed by atoms with Gasteiger partial charge >= 0.3 is 0 Å². The topological polar surface area (TPSA) is 66.0 Å². The molecular weight excluding hydrogens is 239 g/mol. The summed E-state index contributed by atoms with van der Waals surface area (Å²) in [5.41, 5.74) is 6.39. The molecule has 15 heavy (non-hydrogen) atoms. The van der Waals surface area contributed by atoms with E-state index in [1.807, 2.05) is 10.9 Å². The normalized spacial score (nSPS) is 19.4. The number of halogens is 2. The quantitative estimate of drug-likeness (QED) is 0.858. The number of nitrogens with two attached hydrogens (primary N) is 1. The molecule has 1 fully saturated rings. The molecule has 0 amide bonds. The van der Waals surface area contributed by atoms with Crippen molar-refractivity contribution in [3.05, 3.63) is 11.9 Å². The number of ether oxygens (including phenoxy) is 1. The van der Waals surface area contributed by atoms with Crippen LogP contribution in [0.15, 0.2) is 6.20 Å². The third-order valence-corrected chi connectivity index (χ3v) is 2.24. The van der Waals surface area contributed by atoms with Gasteiger partial charge in [0.25, 0.3) is 0 Å². The minimum absolute atomic E-state index is 0. The average Bonchev–Trinajstić information content (AvgIpc) is 2.70. The second kappa shape index (κ2) is 7.00. The maximum absolute atomic E-state index is 5.42. The fourth-order valence-corrected chi connectivity index (χ4v) is 1.48. The summed E-state index contributed by atoms with van der Waals surface area (Å²) in [7, 11) is 0. The molecule has 1 aliphatic heterocycles. The van der Waals surface area contributed by atoms with Gasteiger partial charge in [-0.05, 0) is 13.0 Å². The minimum atomic E-state index is 0. The maximum Gasteiger partial charge on any atom is 0.0839 e. The molecule has 5 nitrogen and oxygen atoms in total. The van der Waals surface area contributed by atoms with E-state index in [-0.39, 0.29) is 24.8 Å². The van der Waals surface area contributed by atoms with E-state index in [9.17, 15) is 0 Å². The van der Waals surface area contributed by atoms with Gasteiger partial charge in [0.05, 0.1) is 18.3 Å². The van der Waals surface area contributed by atoms with E-state index in [1.165, 1.54) is 0 Å². The Hall–Kier alpha value is -0.360. The number of hydrogen-bond acceptors (Lipinski definition) is 4. The summed E-state index contributed by atoms with van der Waals surface area (Å²) in [5, 5.41) is 8.08. The Morgan fingerprint density at radius 3 is 2.93 bits per heavy atom. The molecule has 2 N–H and O–H groups in total. The summed E-state index contributed by atoms with van der Waals surface area (Å²) in [6, 6.07) is 0.374. The number of aromatic nitrogens is 3. The molecule has 0 saturated carbocycles. The highest BCUT2D eigenvalue weighted by Crippen LogP contribution is 2.17. The molecule has 0 aliphatic carbocycles. The summed E-state index contributed by atoms with van der Waals surface area (Å²) in [6.07, 6.45) is 3.80. The van der Waals surface area contributed by atoms with Gasteiger partial charge in [-0.15, -0.1) is 29.9 Å². The van der Waals surface area contributed by atoms with E-state index in [1.54, 1.807) is 0 Å². The van der Waals surface area contributed by atoms with Crippen molar-refractivity contribution in [1.29, 1.82) is 0 Å². The molecule has 0 spiro atoms. The summed E-state index contributed by atoms with van der Waals surface area (Å²) in [5.74, 6) is 0. The summed E-state index contributed by atoms with van der Waals surface area (Å²) >= 11 is 0. The Balaban J connectivity index is 0.000000980. The molecule has 1 aromatic rings. The lowest BCUT2D eigenvalue weighted by atomic mass is 10.2. The van der Waals surface area contributed by atoms with Crippen molar-refractivity contribution >= 4 is 24.8 Å². The lowest BCUT2D eigenvalue weighted by Crippen LogP contribution is -2.09. The molecule has 0 radical (unpaired) electrons. The lowest BCUT2D eigenvalue weighted by Gasteiger charge is -2.04. The molecule has 0 bridgehead atoms. The van der Waals surface area contributed by atoms with E-state index in [0.29, 0.717) is 12.6 Å². The molecule has 2 heterocycles. The number of rotatable bonds is 3. The first-order valence-corrected chi connectivity index (χ1v) is 4.58. The highest BCUT2D eigenvalue weighted by Gasteiger charge is 2.18. The first-order valence-electron chi connectivity index (χ1n) is 4.58. The third kappa shape index (κ3) is 3.61. The van der Waals surface area contributed by atoms with Crippen molar-refractivity contribution in [2.24, 2.45) is 5.73 Å². The lowest BCUT2D eigenvalue weighted by molar-refractivity contribution is 0.184. The van der Waals surface area contributed by atoms with Crippen molar-refractivity contribution in [2.75, 3.05) is 19.8 Å². The third-order valence-electron chi connectivity index (χ3n) is 2.24. The van der Waals surface area contributed by atoms with Gasteiger partial charge in [-0.1, -0.05) is 5.21 Å². The van der Waals surface area contributed by atoms with E-state index < -0.39 is 0 Å². The number of hydrogen-bond donors (Lipinski definition) is 1. The van der Waals surface area contributed by atoms with Crippen LogP contribution in [0.5, 0.6) is 0 Å². The van der Waals surface area contributed by atoms with Crippen LogP contribution in [0, 0.1) is 0 Å². The van der Waals surface area contributed by atoms with E-state index in [0.717, 1.165) is 31.7 Å². The van der Waals surface area contributed by atoms with Crippen molar-refractivity contribution in [3.63, 3.8) is 0 Å². The molecular formula is C8H16Cl2N4O. The molecule has 88 valence electrons. The zero-order valence-corrected chi connectivity index (χ0v) is 9.97. The summed E-state index contributed by atoms with van der Waals surface area (Å²) in [4.78, 5) is 0. The summed E-state index contributed by atoms with van der Waals surface area (Å²) < 4.78 is 7.15. The van der Waals surface area contributed by atoms with Crippen LogP contribution in [0.4, 0.5) is 0 Å². The molecule has 2 rings (SSSR count). The van der Waals surface area contributed by atoms with Crippen molar-refractivity contribution in [3.8, 4) is 0 Å². The van der Waals surface area contributed by atoms with Crippen molar-refractivity contribution in [2.45, 2.75) is 18.9 Å². The van der Waals surface area contributed by atoms with Gasteiger partial charge in [-0.2, -0.15) is 0 Å². The van der Waals surface area contributed by atoms with Crippen LogP contribution in [-0.4, -0.2) is 34.8 Å². The van der Waals surface area contributed by atoms with Gasteiger partial charge in [0.2, 0.25) is 0 Å². The van der Waals surface area contributed by atoms with Gasteiger partial charge in [0.1, 0.15) is 0 Å². The monoisotopic (exact) mass is 254 g/mol. The van der Waals surface area contributed by atoms with Crippen molar-refractivity contribution < 1.29 is 4.74 Å². The average molecular weight is 255 g/mol. The first-order chi connectivity index (χ1) is 6.40. The Morgan fingerprint density at radius 2 is 2.33 bits per heavy atom. The Kier molecular flexibility index (Phi) is 6.84. The van der Waals surface area contributed by atoms with Crippen LogP contribution in [0.25, 0.3) is 0 Å². The SMILES string of the molecule is Cl.Cl.NCCc1cn(C2CCOC2)nn1. The largest absolute Gasteiger partial charge is 0.379 e. The molecule has 1 aromatic heterocycles. The Morgan fingerprint density at radius 1 is 1.53 bits per heavy atom. The number of nitrogens with zero attached hydrogens (tertiary/aromatic N) is 3. The molecule has 1 unspecified atom stereocenters. The molecule has 1 saturated heterocycles. The second-order valence-corrected chi connectivity index (χ2v) is 3.25. The fourth-order valence-electron chi connectivity index (χ4n) is 1.48. The maximum atomic E-state index is 5.42. The highest BCUT2D eigenvalue weighted by molar-refractivity contribution is 5.85. The highest BCUT2D eigenvalue weighted by atomic mass is 35.5. The molecule has 7 heteroatoms. The zero-order chi connectivity index (χ0) is 9.10. The fraction of sp³-hybridized carbons (Fsp3) is 0.750. The van der Waals surface area contributed by atoms with Gasteiger partial charge in [0.15, 0.2) is 0 Å². The van der Waals surface area contributed by atoms with Gasteiger partial charge in [0, 0.05) is 19.2 Å². The van der Waals surface area contributed by atoms with E-state index in [2.05, 4.69) is 10.3 Å². The van der Waals surface area contributed by atoms with Crippen LogP contribution < -0.4 is 5.73 Å². The standard InChI is InChI=1S/C8H14N4O.2ClH/c9-3-1-7-5-12(11-10-7)8-2-4-13-6-8;;/h5,8H,1-4,6,9H2;2*1H. The minimum Gasteiger partial charge on any atom is -0.379 e. The predicted octanol–water partition coefficient (Wildman–Crippen LogP) is 0.584. The smallest absolute Gasteiger partial charge is 0.0839 e. The van der Waals surface area contributed by atoms with Gasteiger partial charge in [-0.25, -0.2) is 4.68 Å².